The Hall–Kier alpha value is -2.27. The minimum atomic E-state index is 0.0917. The lowest BCUT2D eigenvalue weighted by Crippen LogP contribution is -2.33. The van der Waals surface area contributed by atoms with Gasteiger partial charge in [0, 0.05) is 37.3 Å². The van der Waals surface area contributed by atoms with Crippen LogP contribution in [-0.4, -0.2) is 24.3 Å². The highest BCUT2D eigenvalue weighted by Gasteiger charge is 2.04. The number of carbonyl (C=O) groups is 1. The summed E-state index contributed by atoms with van der Waals surface area (Å²) in [6.45, 7) is 5.50. The first-order chi connectivity index (χ1) is 13.1. The molecule has 1 N–H and O–H groups in total. The second-order valence-corrected chi connectivity index (χ2v) is 7.06. The van der Waals surface area contributed by atoms with Crippen LogP contribution < -0.4 is 14.6 Å². The number of carbonyl (C=O) groups excluding carboxylic acids is 1. The number of aromatic nitrogens is 1. The zero-order chi connectivity index (χ0) is 19.5. The van der Waals surface area contributed by atoms with Gasteiger partial charge in [0.2, 0.25) is 5.91 Å². The number of hydrogen-bond acceptors (Lipinski definition) is 3. The molecule has 0 saturated heterocycles. The minimum Gasteiger partial charge on any atom is -0.491 e. The van der Waals surface area contributed by atoms with Crippen LogP contribution in [0.4, 0.5) is 0 Å². The lowest BCUT2D eigenvalue weighted by atomic mass is 10.1. The van der Waals surface area contributed by atoms with E-state index in [1.165, 1.54) is 0 Å². The first-order valence-corrected chi connectivity index (χ1v) is 10.0. The molecule has 1 aromatic carbocycles. The van der Waals surface area contributed by atoms with Gasteiger partial charge in [0.1, 0.15) is 12.3 Å². The lowest BCUT2D eigenvalue weighted by molar-refractivity contribution is -0.697. The largest absolute Gasteiger partial charge is 0.491 e. The average molecular weight is 386 g/mol. The highest BCUT2D eigenvalue weighted by molar-refractivity contribution is 7.80. The van der Waals surface area contributed by atoms with Crippen molar-refractivity contribution < 1.29 is 14.1 Å². The fourth-order valence-electron chi connectivity index (χ4n) is 2.56. The zero-order valence-electron chi connectivity index (χ0n) is 16.1. The maximum Gasteiger partial charge on any atom is 0.220 e. The van der Waals surface area contributed by atoms with E-state index in [9.17, 15) is 4.79 Å². The standard InChI is InChI=1S/C22H28N2O2S/c1-18(2)26-21-9-7-19(8-10-21)5-6-20-11-15-24(16-12-20)14-3-4-22(25)23-13-17-27/h5-12,15-16,18H,3-4,13-14,17H2,1-2H3,(H-,23,25,27)/p+1/b6-5+. The predicted octanol–water partition coefficient (Wildman–Crippen LogP) is 3.76. The van der Waals surface area contributed by atoms with E-state index in [0.29, 0.717) is 18.7 Å². The number of thiol groups is 1. The molecule has 0 unspecified atom stereocenters. The van der Waals surface area contributed by atoms with Gasteiger partial charge in [-0.2, -0.15) is 12.6 Å². The van der Waals surface area contributed by atoms with Crippen LogP contribution in [0.1, 0.15) is 37.8 Å². The Labute approximate surface area is 167 Å². The van der Waals surface area contributed by atoms with Crippen molar-refractivity contribution in [2.45, 2.75) is 39.3 Å². The highest BCUT2D eigenvalue weighted by Crippen LogP contribution is 2.15. The summed E-state index contributed by atoms with van der Waals surface area (Å²) in [7, 11) is 0. The minimum absolute atomic E-state index is 0.0917. The molecule has 0 atom stereocenters. The molecule has 2 rings (SSSR count). The van der Waals surface area contributed by atoms with E-state index >= 15 is 0 Å². The molecular formula is C22H29N2O2S+. The Kier molecular flexibility index (Phi) is 8.92. The number of nitrogens with zero attached hydrogens (tertiary/aromatic N) is 1. The van der Waals surface area contributed by atoms with Gasteiger partial charge >= 0.3 is 0 Å². The summed E-state index contributed by atoms with van der Waals surface area (Å²) in [5.74, 6) is 1.65. The quantitative estimate of drug-likeness (QED) is 0.483. The van der Waals surface area contributed by atoms with E-state index in [2.05, 4.69) is 58.9 Å². The Balaban J connectivity index is 1.81. The first kappa shape index (κ1) is 21.0. The summed E-state index contributed by atoms with van der Waals surface area (Å²) >= 11 is 4.08. The van der Waals surface area contributed by atoms with Gasteiger partial charge in [0.05, 0.1) is 6.10 Å². The van der Waals surface area contributed by atoms with Crippen molar-refractivity contribution in [3.8, 4) is 5.75 Å². The lowest BCUT2D eigenvalue weighted by Gasteiger charge is -2.09. The van der Waals surface area contributed by atoms with Crippen molar-refractivity contribution in [2.24, 2.45) is 0 Å². The molecule has 0 aliphatic carbocycles. The van der Waals surface area contributed by atoms with Gasteiger partial charge in [-0.1, -0.05) is 24.3 Å². The molecule has 2 aromatic rings. The monoisotopic (exact) mass is 385 g/mol. The van der Waals surface area contributed by atoms with E-state index in [1.807, 2.05) is 38.4 Å². The third kappa shape index (κ3) is 8.31. The van der Waals surface area contributed by atoms with Crippen LogP contribution in [0.5, 0.6) is 5.75 Å². The third-order valence-electron chi connectivity index (χ3n) is 3.89. The number of aryl methyl sites for hydroxylation is 1. The molecule has 27 heavy (non-hydrogen) atoms. The fourth-order valence-corrected chi connectivity index (χ4v) is 2.67. The highest BCUT2D eigenvalue weighted by atomic mass is 32.1. The molecule has 1 aromatic heterocycles. The van der Waals surface area contributed by atoms with Gasteiger partial charge in [-0.05, 0) is 37.1 Å². The molecule has 0 aliphatic rings. The van der Waals surface area contributed by atoms with Gasteiger partial charge in [0.25, 0.3) is 0 Å². The third-order valence-corrected chi connectivity index (χ3v) is 4.11. The van der Waals surface area contributed by atoms with Crippen molar-refractivity contribution in [3.05, 3.63) is 59.9 Å². The van der Waals surface area contributed by atoms with E-state index < -0.39 is 0 Å². The summed E-state index contributed by atoms with van der Waals surface area (Å²) in [4.78, 5) is 11.6. The van der Waals surface area contributed by atoms with Crippen LogP contribution in [-0.2, 0) is 11.3 Å². The molecule has 1 amide bonds. The number of ether oxygens (including phenoxy) is 1. The van der Waals surface area contributed by atoms with E-state index in [0.717, 1.165) is 29.8 Å². The van der Waals surface area contributed by atoms with Crippen LogP contribution >= 0.6 is 12.6 Å². The summed E-state index contributed by atoms with van der Waals surface area (Å²) in [6.07, 6.45) is 9.82. The van der Waals surface area contributed by atoms with E-state index in [1.54, 1.807) is 0 Å². The maximum absolute atomic E-state index is 11.6. The van der Waals surface area contributed by atoms with Crippen molar-refractivity contribution >= 4 is 30.7 Å². The number of amides is 1. The number of pyridine rings is 1. The molecular weight excluding hydrogens is 356 g/mol. The molecule has 0 radical (unpaired) electrons. The van der Waals surface area contributed by atoms with Crippen LogP contribution in [0.3, 0.4) is 0 Å². The molecule has 0 spiro atoms. The molecule has 0 saturated carbocycles. The van der Waals surface area contributed by atoms with Crippen molar-refractivity contribution in [1.29, 1.82) is 0 Å². The normalized spacial score (nSPS) is 11.1. The average Bonchev–Trinajstić information content (AvgIpc) is 2.66. The van der Waals surface area contributed by atoms with Crippen molar-refractivity contribution in [1.82, 2.24) is 5.32 Å². The van der Waals surface area contributed by atoms with Crippen LogP contribution in [0, 0.1) is 0 Å². The number of benzene rings is 1. The van der Waals surface area contributed by atoms with Crippen LogP contribution in [0.2, 0.25) is 0 Å². The molecule has 0 bridgehead atoms. The topological polar surface area (TPSA) is 42.2 Å². The van der Waals surface area contributed by atoms with Gasteiger partial charge in [0.15, 0.2) is 12.4 Å². The number of hydrogen-bond donors (Lipinski definition) is 2. The fraction of sp³-hybridized carbons (Fsp3) is 0.364. The molecule has 144 valence electrons. The summed E-state index contributed by atoms with van der Waals surface area (Å²) in [5.41, 5.74) is 2.27. The van der Waals surface area contributed by atoms with E-state index in [4.69, 9.17) is 4.74 Å². The summed E-state index contributed by atoms with van der Waals surface area (Å²) in [5, 5.41) is 2.83. The van der Waals surface area contributed by atoms with Gasteiger partial charge in [-0.3, -0.25) is 4.79 Å². The van der Waals surface area contributed by atoms with E-state index in [-0.39, 0.29) is 12.0 Å². The van der Waals surface area contributed by atoms with Crippen molar-refractivity contribution in [3.63, 3.8) is 0 Å². The smallest absolute Gasteiger partial charge is 0.220 e. The molecule has 4 nitrogen and oxygen atoms in total. The zero-order valence-corrected chi connectivity index (χ0v) is 17.0. The Morgan fingerprint density at radius 1 is 1.11 bits per heavy atom. The molecule has 5 heteroatoms. The molecule has 1 heterocycles. The summed E-state index contributed by atoms with van der Waals surface area (Å²) < 4.78 is 7.75. The second-order valence-electron chi connectivity index (χ2n) is 6.62. The Morgan fingerprint density at radius 2 is 1.74 bits per heavy atom. The number of nitrogens with one attached hydrogen (secondary N) is 1. The van der Waals surface area contributed by atoms with Crippen LogP contribution in [0.25, 0.3) is 12.2 Å². The number of rotatable bonds is 10. The summed E-state index contributed by atoms with van der Waals surface area (Å²) in [6, 6.07) is 12.2. The van der Waals surface area contributed by atoms with Gasteiger partial charge in [-0.25, -0.2) is 4.57 Å². The first-order valence-electron chi connectivity index (χ1n) is 9.38. The second kappa shape index (κ2) is 11.4. The van der Waals surface area contributed by atoms with Gasteiger partial charge in [-0.15, -0.1) is 0 Å². The molecule has 0 fully saturated rings. The Bertz CT molecular complexity index is 725. The Morgan fingerprint density at radius 3 is 2.33 bits per heavy atom. The van der Waals surface area contributed by atoms with Gasteiger partial charge < -0.3 is 10.1 Å². The SMILES string of the molecule is CC(C)Oc1ccc(/C=C/c2cc[n+](CCCC(=O)NCCS)cc2)cc1. The predicted molar refractivity (Wildman–Crippen MR) is 114 cm³/mol. The maximum atomic E-state index is 11.6. The molecule has 0 aliphatic heterocycles. The van der Waals surface area contributed by atoms with Crippen molar-refractivity contribution in [2.75, 3.05) is 12.3 Å². The van der Waals surface area contributed by atoms with Crippen LogP contribution in [0.15, 0.2) is 48.8 Å².